The zero-order valence-electron chi connectivity index (χ0n) is 39.8. The van der Waals surface area contributed by atoms with Crippen LogP contribution in [0.3, 0.4) is 0 Å². The van der Waals surface area contributed by atoms with Gasteiger partial charge in [-0.25, -0.2) is 24.2 Å². The fraction of sp³-hybridized carbons (Fsp3) is 0.721. The lowest BCUT2D eigenvalue weighted by Gasteiger charge is -2.31. The Bertz CT molecular complexity index is 1840. The summed E-state index contributed by atoms with van der Waals surface area (Å²) >= 11 is 5.66. The minimum absolute atomic E-state index is 0.000837. The normalized spacial score (nSPS) is 14.5. The monoisotopic (exact) mass is 965 g/mol. The third-order valence-electron chi connectivity index (χ3n) is 8.10. The summed E-state index contributed by atoms with van der Waals surface area (Å²) in [5, 5.41) is 19.7. The topological polar surface area (TPSA) is 264 Å². The number of hydrogen-bond acceptors (Lipinski definition) is 14. The van der Waals surface area contributed by atoms with Gasteiger partial charge < -0.3 is 35.3 Å². The van der Waals surface area contributed by atoms with E-state index in [1.54, 1.807) is 83.1 Å². The first-order valence-electron chi connectivity index (χ1n) is 21.5. The summed E-state index contributed by atoms with van der Waals surface area (Å²) in [6.45, 7) is 19.7. The van der Waals surface area contributed by atoms with Gasteiger partial charge in [0.2, 0.25) is 17.8 Å². The van der Waals surface area contributed by atoms with Crippen molar-refractivity contribution in [3.8, 4) is 0 Å². The fourth-order valence-electron chi connectivity index (χ4n) is 5.50. The van der Waals surface area contributed by atoms with Gasteiger partial charge in [-0.1, -0.05) is 18.0 Å². The fourth-order valence-corrected chi connectivity index (χ4v) is 7.55. The standard InChI is InChI=1S/C43H70ClFN5O14P/c1-40(2,3)61-34(53)22-20-31(39(58)63-42(7,8)9)50-65(59,64-43(10,11)12)60-24-16-17-30(38(57)62-41(4,5)6)49-33(52)21-19-29(37(55)56)48-32(51)18-14-13-15-23-46-36(54)27-25-28(44)35(45)47-26-27/h25-26,29-31H,13-24H2,1-12H3,(H,46,54)(H,48,51)(H,49,52)(H,50,59)(H,55,56)/t29-,30-,31-,65?/m0/s1. The second kappa shape index (κ2) is 26.2. The van der Waals surface area contributed by atoms with E-state index in [-0.39, 0.29) is 62.3 Å². The molecule has 0 aliphatic rings. The number of carboxylic acids is 1. The van der Waals surface area contributed by atoms with Crippen LogP contribution in [0, 0.1) is 5.95 Å². The minimum Gasteiger partial charge on any atom is -0.480 e. The van der Waals surface area contributed by atoms with Crippen molar-refractivity contribution < 1.29 is 70.9 Å². The van der Waals surface area contributed by atoms with Gasteiger partial charge in [-0.05, 0) is 128 Å². The second-order valence-electron chi connectivity index (χ2n) is 19.2. The molecule has 370 valence electrons. The molecule has 1 unspecified atom stereocenters. The first kappa shape index (κ1) is 58.8. The molecule has 0 aromatic carbocycles. The van der Waals surface area contributed by atoms with Crippen molar-refractivity contribution in [2.45, 2.75) is 188 Å². The number of carbonyl (C=O) groups excluding carboxylic acids is 6. The molecule has 0 saturated heterocycles. The summed E-state index contributed by atoms with van der Waals surface area (Å²) in [5.74, 6) is -6.26. The van der Waals surface area contributed by atoms with Gasteiger partial charge in [-0.2, -0.15) is 4.39 Å². The van der Waals surface area contributed by atoms with Crippen molar-refractivity contribution in [3.05, 3.63) is 28.8 Å². The maximum atomic E-state index is 14.2. The highest BCUT2D eigenvalue weighted by atomic mass is 35.5. The van der Waals surface area contributed by atoms with Crippen LogP contribution >= 0.6 is 19.3 Å². The largest absolute Gasteiger partial charge is 0.480 e. The van der Waals surface area contributed by atoms with Crippen molar-refractivity contribution in [2.24, 2.45) is 0 Å². The molecular weight excluding hydrogens is 896 g/mol. The van der Waals surface area contributed by atoms with Gasteiger partial charge in [-0.3, -0.25) is 33.0 Å². The lowest BCUT2D eigenvalue weighted by Crippen LogP contribution is -2.45. The van der Waals surface area contributed by atoms with Crippen molar-refractivity contribution in [3.63, 3.8) is 0 Å². The first-order valence-corrected chi connectivity index (χ1v) is 23.4. The maximum absolute atomic E-state index is 14.2. The number of ether oxygens (including phenoxy) is 3. The molecule has 22 heteroatoms. The van der Waals surface area contributed by atoms with Crippen LogP contribution in [0.2, 0.25) is 5.02 Å². The quantitative estimate of drug-likeness (QED) is 0.0219. The number of aromatic nitrogens is 1. The number of nitrogens with zero attached hydrogens (tertiary/aromatic N) is 1. The summed E-state index contributed by atoms with van der Waals surface area (Å²) in [6, 6.07) is -2.85. The number of nitrogens with one attached hydrogen (secondary N) is 4. The molecule has 1 aromatic heterocycles. The Morgan fingerprint density at radius 3 is 1.78 bits per heavy atom. The summed E-state index contributed by atoms with van der Waals surface area (Å²) in [5.41, 5.74) is -3.64. The van der Waals surface area contributed by atoms with Crippen molar-refractivity contribution >= 4 is 60.9 Å². The lowest BCUT2D eigenvalue weighted by atomic mass is 10.1. The van der Waals surface area contributed by atoms with Gasteiger partial charge in [0.1, 0.15) is 34.9 Å². The van der Waals surface area contributed by atoms with E-state index in [0.717, 1.165) is 12.3 Å². The molecule has 0 fully saturated rings. The van der Waals surface area contributed by atoms with Crippen LogP contribution in [0.1, 0.15) is 158 Å². The number of amides is 3. The predicted octanol–water partition coefficient (Wildman–Crippen LogP) is 6.48. The average molecular weight is 966 g/mol. The minimum atomic E-state index is -4.36. The number of carbonyl (C=O) groups is 7. The van der Waals surface area contributed by atoms with Gasteiger partial charge >= 0.3 is 31.6 Å². The zero-order chi connectivity index (χ0) is 50.0. The number of esters is 3. The Balaban J connectivity index is 2.91. The number of rotatable bonds is 26. The van der Waals surface area contributed by atoms with E-state index < -0.39 is 102 Å². The van der Waals surface area contributed by atoms with E-state index in [0.29, 0.717) is 19.3 Å². The highest BCUT2D eigenvalue weighted by Crippen LogP contribution is 2.48. The molecule has 1 heterocycles. The summed E-state index contributed by atoms with van der Waals surface area (Å²) in [6.07, 6.45) is 1.18. The molecule has 1 aromatic rings. The number of unbranched alkanes of at least 4 members (excludes halogenated alkanes) is 2. The van der Waals surface area contributed by atoms with Gasteiger partial charge in [0.15, 0.2) is 0 Å². The number of carboxylic acid groups (broad SMARTS) is 1. The molecule has 0 spiro atoms. The molecule has 19 nitrogen and oxygen atoms in total. The van der Waals surface area contributed by atoms with Crippen LogP contribution in [-0.4, -0.2) is 105 Å². The van der Waals surface area contributed by atoms with Crippen LogP contribution < -0.4 is 21.0 Å². The number of aliphatic carboxylic acids is 1. The highest BCUT2D eigenvalue weighted by Gasteiger charge is 2.38. The molecule has 4 atom stereocenters. The Kier molecular flexibility index (Phi) is 23.7. The van der Waals surface area contributed by atoms with Gasteiger partial charge in [0.25, 0.3) is 5.91 Å². The highest BCUT2D eigenvalue weighted by molar-refractivity contribution is 7.51. The molecule has 3 amide bonds. The Morgan fingerprint density at radius 1 is 0.708 bits per heavy atom. The molecule has 0 radical (unpaired) electrons. The Morgan fingerprint density at radius 2 is 1.25 bits per heavy atom. The smallest absolute Gasteiger partial charge is 0.406 e. The Hall–Kier alpha value is -4.23. The predicted molar refractivity (Wildman–Crippen MR) is 238 cm³/mol. The third kappa shape index (κ3) is 27.1. The summed E-state index contributed by atoms with van der Waals surface area (Å²) in [4.78, 5) is 92.4. The molecule has 0 aliphatic heterocycles. The average Bonchev–Trinajstić information content (AvgIpc) is 3.12. The van der Waals surface area contributed by atoms with Crippen LogP contribution in [0.25, 0.3) is 0 Å². The molecule has 5 N–H and O–H groups in total. The van der Waals surface area contributed by atoms with Crippen molar-refractivity contribution in [1.29, 1.82) is 0 Å². The van der Waals surface area contributed by atoms with E-state index in [9.17, 15) is 47.6 Å². The molecule has 1 rings (SSSR count). The summed E-state index contributed by atoms with van der Waals surface area (Å²) < 4.78 is 55.5. The van der Waals surface area contributed by atoms with E-state index in [1.165, 1.54) is 0 Å². The van der Waals surface area contributed by atoms with Crippen LogP contribution in [0.15, 0.2) is 12.3 Å². The van der Waals surface area contributed by atoms with Crippen molar-refractivity contribution in [1.82, 2.24) is 26.0 Å². The van der Waals surface area contributed by atoms with Crippen LogP contribution in [0.5, 0.6) is 0 Å². The van der Waals surface area contributed by atoms with E-state index in [2.05, 4.69) is 26.0 Å². The van der Waals surface area contributed by atoms with Crippen molar-refractivity contribution in [2.75, 3.05) is 13.2 Å². The SMILES string of the molecule is CC(C)(C)OC(=O)CC[C@H](NP(=O)(OCCC[C@H](NC(=O)CC[C@H](NC(=O)CCCCCNC(=O)c1cnc(F)c(Cl)c1)C(=O)O)C(=O)OC(C)(C)C)OC(C)(C)C)C(=O)OC(C)(C)C. The third-order valence-corrected chi connectivity index (χ3v) is 10.3. The zero-order valence-corrected chi connectivity index (χ0v) is 41.4. The lowest BCUT2D eigenvalue weighted by molar-refractivity contribution is -0.160. The molecule has 65 heavy (non-hydrogen) atoms. The molecule has 0 bridgehead atoms. The van der Waals surface area contributed by atoms with Crippen LogP contribution in [0.4, 0.5) is 4.39 Å². The summed E-state index contributed by atoms with van der Waals surface area (Å²) in [7, 11) is -4.36. The van der Waals surface area contributed by atoms with E-state index >= 15 is 0 Å². The Labute approximate surface area is 386 Å². The molecule has 0 saturated carbocycles. The first-order chi connectivity index (χ1) is 29.7. The van der Waals surface area contributed by atoms with E-state index in [4.69, 9.17) is 34.9 Å². The molecule has 0 aliphatic carbocycles. The van der Waals surface area contributed by atoms with Gasteiger partial charge in [-0.15, -0.1) is 0 Å². The number of halogens is 2. The van der Waals surface area contributed by atoms with Gasteiger partial charge in [0.05, 0.1) is 22.8 Å². The van der Waals surface area contributed by atoms with E-state index in [1.807, 2.05) is 0 Å². The molecular formula is C43H70ClFN5O14P. The maximum Gasteiger partial charge on any atom is 0.406 e. The number of hydrogen-bond donors (Lipinski definition) is 5. The second-order valence-corrected chi connectivity index (χ2v) is 21.3. The van der Waals surface area contributed by atoms with Gasteiger partial charge in [0, 0.05) is 32.0 Å². The van der Waals surface area contributed by atoms with Crippen LogP contribution in [-0.2, 0) is 56.6 Å². The number of pyridine rings is 1.